The van der Waals surface area contributed by atoms with E-state index < -0.39 is 0 Å². The van der Waals surface area contributed by atoms with Crippen LogP contribution < -0.4 is 0 Å². The zero-order valence-electron chi connectivity index (χ0n) is 16.6. The Bertz CT molecular complexity index is 978. The summed E-state index contributed by atoms with van der Waals surface area (Å²) in [6.45, 7) is 2.25. The Morgan fingerprint density at radius 3 is 2.29 bits per heavy atom. The Morgan fingerprint density at radius 1 is 0.750 bits per heavy atom. The first-order valence-corrected chi connectivity index (χ1v) is 10.8. The lowest BCUT2D eigenvalue weighted by atomic mass is 9.68. The lowest BCUT2D eigenvalue weighted by Gasteiger charge is -2.36. The predicted molar refractivity (Wildman–Crippen MR) is 119 cm³/mol. The van der Waals surface area contributed by atoms with Gasteiger partial charge in [0.2, 0.25) is 0 Å². The summed E-state index contributed by atoms with van der Waals surface area (Å²) in [6.07, 6.45) is 7.31. The fourth-order valence-corrected chi connectivity index (χ4v) is 5.38. The van der Waals surface area contributed by atoms with Gasteiger partial charge < -0.3 is 0 Å². The molecule has 28 heavy (non-hydrogen) atoms. The Morgan fingerprint density at radius 2 is 1.50 bits per heavy atom. The van der Waals surface area contributed by atoms with Crippen LogP contribution in [0.15, 0.2) is 84.9 Å². The van der Waals surface area contributed by atoms with Gasteiger partial charge in [0.15, 0.2) is 0 Å². The molecule has 0 amide bonds. The van der Waals surface area contributed by atoms with E-state index in [2.05, 4.69) is 91.9 Å². The van der Waals surface area contributed by atoms with E-state index in [1.807, 2.05) is 0 Å². The molecule has 3 aromatic carbocycles. The third kappa shape index (κ3) is 3.11. The topological polar surface area (TPSA) is 0 Å². The van der Waals surface area contributed by atoms with Gasteiger partial charge in [-0.2, -0.15) is 0 Å². The van der Waals surface area contributed by atoms with Crippen LogP contribution in [0.25, 0.3) is 5.57 Å². The van der Waals surface area contributed by atoms with Crippen molar-refractivity contribution in [2.45, 2.75) is 44.4 Å². The van der Waals surface area contributed by atoms with E-state index in [0.717, 1.165) is 12.8 Å². The largest absolute Gasteiger partial charge is 0.0763 e. The monoisotopic (exact) mass is 364 g/mol. The van der Waals surface area contributed by atoms with E-state index in [1.165, 1.54) is 35.1 Å². The van der Waals surface area contributed by atoms with Gasteiger partial charge in [-0.05, 0) is 70.4 Å². The molecule has 0 heterocycles. The van der Waals surface area contributed by atoms with Gasteiger partial charge in [0.1, 0.15) is 0 Å². The van der Waals surface area contributed by atoms with Gasteiger partial charge in [0, 0.05) is 0 Å². The molecule has 0 saturated carbocycles. The summed E-state index contributed by atoms with van der Waals surface area (Å²) in [6, 6.07) is 29.6. The predicted octanol–water partition coefficient (Wildman–Crippen LogP) is 7.17. The normalized spacial score (nSPS) is 23.0. The van der Waals surface area contributed by atoms with Gasteiger partial charge in [-0.25, -0.2) is 0 Å². The molecule has 140 valence electrons. The van der Waals surface area contributed by atoms with Crippen molar-refractivity contribution in [2.75, 3.05) is 0 Å². The molecule has 3 unspecified atom stereocenters. The number of hydrogen-bond acceptors (Lipinski definition) is 0. The van der Waals surface area contributed by atoms with Crippen LogP contribution >= 0.6 is 0 Å². The number of hydrogen-bond donors (Lipinski definition) is 0. The number of aryl methyl sites for hydroxylation is 1. The summed E-state index contributed by atoms with van der Waals surface area (Å²) in [5.74, 6) is 1.79. The molecule has 0 bridgehead atoms. The first-order valence-electron chi connectivity index (χ1n) is 10.8. The van der Waals surface area contributed by atoms with E-state index in [4.69, 9.17) is 0 Å². The molecule has 0 spiro atoms. The molecule has 0 aromatic heterocycles. The Kier molecular flexibility index (Phi) is 4.64. The molecule has 0 heteroatoms. The van der Waals surface area contributed by atoms with E-state index in [9.17, 15) is 0 Å². The number of benzene rings is 3. The van der Waals surface area contributed by atoms with Crippen molar-refractivity contribution in [1.82, 2.24) is 0 Å². The van der Waals surface area contributed by atoms with E-state index in [1.54, 1.807) is 11.1 Å². The smallest absolute Gasteiger partial charge is 0.00495 e. The molecule has 0 N–H and O–H groups in total. The van der Waals surface area contributed by atoms with Crippen molar-refractivity contribution >= 4 is 5.57 Å². The first-order chi connectivity index (χ1) is 13.8. The molecule has 0 radical (unpaired) electrons. The highest BCUT2D eigenvalue weighted by Gasteiger charge is 2.40. The van der Waals surface area contributed by atoms with Crippen LogP contribution in [0.1, 0.15) is 59.4 Å². The van der Waals surface area contributed by atoms with Gasteiger partial charge >= 0.3 is 0 Å². The van der Waals surface area contributed by atoms with Gasteiger partial charge in [0.05, 0.1) is 0 Å². The van der Waals surface area contributed by atoms with Crippen molar-refractivity contribution in [3.05, 3.63) is 113 Å². The van der Waals surface area contributed by atoms with Crippen LogP contribution in [0, 0.1) is 5.92 Å². The minimum atomic E-state index is 0.580. The Labute approximate surface area is 168 Å². The van der Waals surface area contributed by atoms with Crippen LogP contribution in [0.4, 0.5) is 0 Å². The zero-order valence-corrected chi connectivity index (χ0v) is 16.6. The van der Waals surface area contributed by atoms with Crippen LogP contribution in [0.5, 0.6) is 0 Å². The SMILES string of the molecule is CCCc1ccc(C2Cc3ccccc3C3CC(c4ccccc4)=CC23)cc1. The molecule has 5 rings (SSSR count). The molecule has 0 saturated heterocycles. The Hall–Kier alpha value is -2.60. The standard InChI is InChI=1S/C28H28/c1-2-8-20-13-15-22(16-14-20)26-17-23-11-6-7-12-25(23)27-18-24(19-28(26)27)21-9-4-3-5-10-21/h3-7,9-16,19,26-28H,2,8,17-18H2,1H3. The molecule has 3 aromatic rings. The second-order valence-corrected chi connectivity index (χ2v) is 8.45. The zero-order chi connectivity index (χ0) is 18.9. The average Bonchev–Trinajstić information content (AvgIpc) is 3.20. The van der Waals surface area contributed by atoms with Crippen molar-refractivity contribution < 1.29 is 0 Å². The Balaban J connectivity index is 1.54. The third-order valence-electron chi connectivity index (χ3n) is 6.75. The highest BCUT2D eigenvalue weighted by atomic mass is 14.4. The second kappa shape index (κ2) is 7.43. The number of fused-ring (bicyclic) bond motifs is 3. The molecule has 0 aliphatic heterocycles. The second-order valence-electron chi connectivity index (χ2n) is 8.45. The van der Waals surface area contributed by atoms with E-state index in [-0.39, 0.29) is 0 Å². The lowest BCUT2D eigenvalue weighted by Crippen LogP contribution is -2.24. The molecule has 2 aliphatic rings. The number of rotatable bonds is 4. The molecular weight excluding hydrogens is 336 g/mol. The minimum absolute atomic E-state index is 0.580. The molecule has 3 atom stereocenters. The van der Waals surface area contributed by atoms with Crippen LogP contribution in [-0.2, 0) is 12.8 Å². The molecular formula is C28H28. The lowest BCUT2D eigenvalue weighted by molar-refractivity contribution is 0.412. The maximum atomic E-state index is 2.60. The molecule has 0 fully saturated rings. The highest BCUT2D eigenvalue weighted by molar-refractivity contribution is 5.70. The number of allylic oxidation sites excluding steroid dienone is 2. The quantitative estimate of drug-likeness (QED) is 0.460. The average molecular weight is 365 g/mol. The minimum Gasteiger partial charge on any atom is -0.0763 e. The highest BCUT2D eigenvalue weighted by Crippen LogP contribution is 2.53. The third-order valence-corrected chi connectivity index (χ3v) is 6.75. The fraction of sp³-hybridized carbons (Fsp3) is 0.286. The van der Waals surface area contributed by atoms with Crippen molar-refractivity contribution in [3.63, 3.8) is 0 Å². The molecule has 0 nitrogen and oxygen atoms in total. The van der Waals surface area contributed by atoms with Gasteiger partial charge in [-0.3, -0.25) is 0 Å². The summed E-state index contributed by atoms with van der Waals surface area (Å²) in [4.78, 5) is 0. The van der Waals surface area contributed by atoms with Crippen molar-refractivity contribution in [1.29, 1.82) is 0 Å². The maximum absolute atomic E-state index is 2.60. The maximum Gasteiger partial charge on any atom is -0.00495 e. The summed E-state index contributed by atoms with van der Waals surface area (Å²) in [5, 5.41) is 0. The van der Waals surface area contributed by atoms with Crippen LogP contribution in [0.3, 0.4) is 0 Å². The van der Waals surface area contributed by atoms with Crippen molar-refractivity contribution in [2.24, 2.45) is 5.92 Å². The van der Waals surface area contributed by atoms with Crippen LogP contribution in [-0.4, -0.2) is 0 Å². The summed E-state index contributed by atoms with van der Waals surface area (Å²) in [5.41, 5.74) is 9.02. The summed E-state index contributed by atoms with van der Waals surface area (Å²) >= 11 is 0. The molecule has 2 aliphatic carbocycles. The summed E-state index contributed by atoms with van der Waals surface area (Å²) in [7, 11) is 0. The van der Waals surface area contributed by atoms with E-state index >= 15 is 0 Å². The van der Waals surface area contributed by atoms with E-state index in [0.29, 0.717) is 17.8 Å². The fourth-order valence-electron chi connectivity index (χ4n) is 5.38. The first kappa shape index (κ1) is 17.5. The van der Waals surface area contributed by atoms with Crippen LogP contribution in [0.2, 0.25) is 0 Å². The van der Waals surface area contributed by atoms with Gasteiger partial charge in [0.25, 0.3) is 0 Å². The summed E-state index contributed by atoms with van der Waals surface area (Å²) < 4.78 is 0. The van der Waals surface area contributed by atoms with Gasteiger partial charge in [-0.1, -0.05) is 98.3 Å². The van der Waals surface area contributed by atoms with Gasteiger partial charge in [-0.15, -0.1) is 0 Å². The van der Waals surface area contributed by atoms with Crippen molar-refractivity contribution in [3.8, 4) is 0 Å².